The average molecular weight is 215 g/mol. The molecule has 3 rings (SSSR count). The number of anilines is 1. The molecule has 0 spiro atoms. The van der Waals surface area contributed by atoms with Crippen LogP contribution in [0.3, 0.4) is 0 Å². The summed E-state index contributed by atoms with van der Waals surface area (Å²) in [6, 6.07) is 9.86. The zero-order chi connectivity index (χ0) is 11.1. The minimum Gasteiger partial charge on any atom is -0.367 e. The van der Waals surface area contributed by atoms with E-state index in [1.54, 1.807) is 5.56 Å². The van der Waals surface area contributed by atoms with Gasteiger partial charge in [0.2, 0.25) is 0 Å². The molecule has 1 fully saturated rings. The molecule has 1 aliphatic heterocycles. The third-order valence-corrected chi connectivity index (χ3v) is 4.09. The van der Waals surface area contributed by atoms with Crippen LogP contribution in [0.15, 0.2) is 24.3 Å². The van der Waals surface area contributed by atoms with E-state index in [2.05, 4.69) is 43.0 Å². The van der Waals surface area contributed by atoms with Crippen molar-refractivity contribution in [3.63, 3.8) is 0 Å². The number of hydrogen-bond acceptors (Lipinski definition) is 1. The molecule has 1 aromatic carbocycles. The van der Waals surface area contributed by atoms with Gasteiger partial charge in [0.15, 0.2) is 0 Å². The Hall–Kier alpha value is -0.980. The second-order valence-electron chi connectivity index (χ2n) is 5.71. The SMILES string of the molecule is CC(C)CN1c2ccccc2C2CCCC21. The van der Waals surface area contributed by atoms with Crippen molar-refractivity contribution in [2.24, 2.45) is 5.92 Å². The highest BCUT2D eigenvalue weighted by Gasteiger charge is 2.40. The lowest BCUT2D eigenvalue weighted by Crippen LogP contribution is -2.34. The molecule has 0 aromatic heterocycles. The van der Waals surface area contributed by atoms with Crippen LogP contribution in [-0.4, -0.2) is 12.6 Å². The number of fused-ring (bicyclic) bond motifs is 3. The Kier molecular flexibility index (Phi) is 2.42. The van der Waals surface area contributed by atoms with Gasteiger partial charge in [0, 0.05) is 24.2 Å². The third kappa shape index (κ3) is 1.45. The minimum atomic E-state index is 0.757. The van der Waals surface area contributed by atoms with Crippen LogP contribution >= 0.6 is 0 Å². The van der Waals surface area contributed by atoms with Crippen LogP contribution in [0.4, 0.5) is 5.69 Å². The fourth-order valence-electron chi connectivity index (χ4n) is 3.54. The Bertz CT molecular complexity index is 383. The van der Waals surface area contributed by atoms with E-state index in [4.69, 9.17) is 0 Å². The van der Waals surface area contributed by atoms with E-state index >= 15 is 0 Å². The molecule has 1 saturated carbocycles. The largest absolute Gasteiger partial charge is 0.367 e. The first-order chi connectivity index (χ1) is 7.77. The number of para-hydroxylation sites is 1. The smallest absolute Gasteiger partial charge is 0.0405 e. The molecular weight excluding hydrogens is 194 g/mol. The van der Waals surface area contributed by atoms with Gasteiger partial charge in [0.1, 0.15) is 0 Å². The second-order valence-corrected chi connectivity index (χ2v) is 5.71. The van der Waals surface area contributed by atoms with E-state index in [-0.39, 0.29) is 0 Å². The summed E-state index contributed by atoms with van der Waals surface area (Å²) in [6.45, 7) is 5.87. The summed E-state index contributed by atoms with van der Waals surface area (Å²) in [5.74, 6) is 1.59. The maximum atomic E-state index is 2.68. The van der Waals surface area contributed by atoms with Crippen molar-refractivity contribution < 1.29 is 0 Å². The molecule has 0 N–H and O–H groups in total. The quantitative estimate of drug-likeness (QED) is 0.725. The molecule has 1 aliphatic carbocycles. The Balaban J connectivity index is 1.98. The normalized spacial score (nSPS) is 27.3. The van der Waals surface area contributed by atoms with E-state index in [1.807, 2.05) is 0 Å². The fourth-order valence-corrected chi connectivity index (χ4v) is 3.54. The van der Waals surface area contributed by atoms with Crippen LogP contribution in [0.1, 0.15) is 44.6 Å². The first kappa shape index (κ1) is 10.2. The molecule has 0 bridgehead atoms. The Morgan fingerprint density at radius 3 is 2.88 bits per heavy atom. The molecule has 1 heteroatoms. The predicted molar refractivity (Wildman–Crippen MR) is 69.0 cm³/mol. The molecule has 0 radical (unpaired) electrons. The number of benzene rings is 1. The monoisotopic (exact) mass is 215 g/mol. The molecule has 2 atom stereocenters. The topological polar surface area (TPSA) is 3.24 Å². The van der Waals surface area contributed by atoms with Crippen LogP contribution in [0, 0.1) is 5.92 Å². The molecule has 0 amide bonds. The molecule has 2 aliphatic rings. The molecular formula is C15H21N. The van der Waals surface area contributed by atoms with Crippen molar-refractivity contribution >= 4 is 5.69 Å². The highest BCUT2D eigenvalue weighted by molar-refractivity contribution is 5.62. The van der Waals surface area contributed by atoms with Crippen LogP contribution in [0.25, 0.3) is 0 Å². The van der Waals surface area contributed by atoms with Gasteiger partial charge in [0.05, 0.1) is 0 Å². The van der Waals surface area contributed by atoms with Gasteiger partial charge in [-0.05, 0) is 30.4 Å². The zero-order valence-corrected chi connectivity index (χ0v) is 10.3. The molecule has 0 saturated heterocycles. The average Bonchev–Trinajstić information content (AvgIpc) is 2.82. The van der Waals surface area contributed by atoms with Crippen molar-refractivity contribution in [3.05, 3.63) is 29.8 Å². The van der Waals surface area contributed by atoms with E-state index in [1.165, 1.54) is 31.5 Å². The number of hydrogen-bond donors (Lipinski definition) is 0. The predicted octanol–water partition coefficient (Wildman–Crippen LogP) is 3.80. The lowest BCUT2D eigenvalue weighted by atomic mass is 9.98. The molecule has 1 nitrogen and oxygen atoms in total. The molecule has 86 valence electrons. The summed E-state index contributed by atoms with van der Waals surface area (Å²) in [4.78, 5) is 2.68. The van der Waals surface area contributed by atoms with E-state index in [0.29, 0.717) is 0 Å². The van der Waals surface area contributed by atoms with Gasteiger partial charge in [-0.3, -0.25) is 0 Å². The van der Waals surface area contributed by atoms with Gasteiger partial charge in [-0.2, -0.15) is 0 Å². The van der Waals surface area contributed by atoms with Gasteiger partial charge < -0.3 is 4.90 Å². The van der Waals surface area contributed by atoms with Gasteiger partial charge in [-0.1, -0.05) is 38.5 Å². The maximum absolute atomic E-state index is 2.68. The lowest BCUT2D eigenvalue weighted by Gasteiger charge is -2.28. The maximum Gasteiger partial charge on any atom is 0.0405 e. The molecule has 1 heterocycles. The lowest BCUT2D eigenvalue weighted by molar-refractivity contribution is 0.532. The Morgan fingerprint density at radius 2 is 2.06 bits per heavy atom. The third-order valence-electron chi connectivity index (χ3n) is 4.09. The van der Waals surface area contributed by atoms with Crippen LogP contribution in [0.5, 0.6) is 0 Å². The first-order valence-electron chi connectivity index (χ1n) is 6.63. The minimum absolute atomic E-state index is 0.757. The van der Waals surface area contributed by atoms with Gasteiger partial charge >= 0.3 is 0 Å². The van der Waals surface area contributed by atoms with E-state index in [0.717, 1.165) is 17.9 Å². The highest BCUT2D eigenvalue weighted by Crippen LogP contribution is 2.49. The molecule has 2 unspecified atom stereocenters. The van der Waals surface area contributed by atoms with Crippen molar-refractivity contribution in [1.29, 1.82) is 0 Å². The van der Waals surface area contributed by atoms with Crippen molar-refractivity contribution in [2.75, 3.05) is 11.4 Å². The van der Waals surface area contributed by atoms with Gasteiger partial charge in [-0.25, -0.2) is 0 Å². The molecule has 1 aromatic rings. The van der Waals surface area contributed by atoms with Crippen molar-refractivity contribution in [1.82, 2.24) is 0 Å². The summed E-state index contributed by atoms with van der Waals surface area (Å²) in [7, 11) is 0. The van der Waals surface area contributed by atoms with Crippen LogP contribution in [-0.2, 0) is 0 Å². The number of nitrogens with zero attached hydrogens (tertiary/aromatic N) is 1. The Morgan fingerprint density at radius 1 is 1.25 bits per heavy atom. The molecule has 16 heavy (non-hydrogen) atoms. The summed E-state index contributed by atoms with van der Waals surface area (Å²) in [5, 5.41) is 0. The van der Waals surface area contributed by atoms with Crippen LogP contribution in [0.2, 0.25) is 0 Å². The zero-order valence-electron chi connectivity index (χ0n) is 10.3. The summed E-state index contributed by atoms with van der Waals surface area (Å²) < 4.78 is 0. The van der Waals surface area contributed by atoms with Crippen LogP contribution < -0.4 is 4.90 Å². The first-order valence-corrected chi connectivity index (χ1v) is 6.63. The second kappa shape index (κ2) is 3.80. The van der Waals surface area contributed by atoms with Crippen molar-refractivity contribution in [3.8, 4) is 0 Å². The Labute approximate surface area is 98.5 Å². The summed E-state index contributed by atoms with van der Waals surface area (Å²) in [5.41, 5.74) is 3.14. The summed E-state index contributed by atoms with van der Waals surface area (Å²) >= 11 is 0. The fraction of sp³-hybridized carbons (Fsp3) is 0.600. The van der Waals surface area contributed by atoms with E-state index < -0.39 is 0 Å². The summed E-state index contributed by atoms with van der Waals surface area (Å²) in [6.07, 6.45) is 4.21. The highest BCUT2D eigenvalue weighted by atomic mass is 15.2. The van der Waals surface area contributed by atoms with Gasteiger partial charge in [-0.15, -0.1) is 0 Å². The number of rotatable bonds is 2. The standard InChI is InChI=1S/C15H21N/c1-11(2)10-16-14-8-4-3-6-12(14)13-7-5-9-15(13)16/h3-4,6,8,11,13,15H,5,7,9-10H2,1-2H3. The van der Waals surface area contributed by atoms with Gasteiger partial charge in [0.25, 0.3) is 0 Å². The van der Waals surface area contributed by atoms with Crippen molar-refractivity contribution in [2.45, 2.75) is 45.1 Å². The van der Waals surface area contributed by atoms with E-state index in [9.17, 15) is 0 Å².